The number of hydrogen-bond acceptors (Lipinski definition) is 3. The van der Waals surface area contributed by atoms with Crippen molar-refractivity contribution in [2.75, 3.05) is 0 Å². The van der Waals surface area contributed by atoms with Crippen LogP contribution < -0.4 is 0 Å². The second kappa shape index (κ2) is 6.71. The molecule has 5 nitrogen and oxygen atoms in total. The number of halogens is 4. The van der Waals surface area contributed by atoms with E-state index in [4.69, 9.17) is 0 Å². The van der Waals surface area contributed by atoms with Crippen molar-refractivity contribution >= 4 is 50.7 Å². The number of benzene rings is 2. The van der Waals surface area contributed by atoms with Gasteiger partial charge in [0.2, 0.25) is 5.84 Å². The minimum Gasteiger partial charge on any atom is -0.297 e. The number of rotatable bonds is 2. The largest absolute Gasteiger partial charge is 0.450 e. The molecule has 0 aliphatic carbocycles. The number of fused-ring (bicyclic) bond motifs is 1. The SMILES string of the molecule is Cc1cn(C(=Nc2ccc([N+](=O)[O-])cc2I)C(F)(F)F)c2ccccc12. The molecule has 1 aromatic heterocycles. The van der Waals surface area contributed by atoms with E-state index in [1.807, 2.05) is 0 Å². The first kappa shape index (κ1) is 18.4. The van der Waals surface area contributed by atoms with E-state index in [9.17, 15) is 23.3 Å². The highest BCUT2D eigenvalue weighted by molar-refractivity contribution is 14.1. The van der Waals surface area contributed by atoms with E-state index in [1.165, 1.54) is 18.3 Å². The van der Waals surface area contributed by atoms with E-state index in [0.717, 1.165) is 10.6 Å². The minimum absolute atomic E-state index is 0.0129. The third kappa shape index (κ3) is 3.43. The zero-order chi connectivity index (χ0) is 19.1. The molecule has 0 N–H and O–H groups in total. The fourth-order valence-electron chi connectivity index (χ4n) is 2.59. The number of aryl methyl sites for hydroxylation is 1. The Hall–Kier alpha value is -2.43. The van der Waals surface area contributed by atoms with Crippen LogP contribution in [0.2, 0.25) is 0 Å². The van der Waals surface area contributed by atoms with Crippen molar-refractivity contribution in [2.24, 2.45) is 4.99 Å². The molecule has 9 heteroatoms. The Labute approximate surface area is 159 Å². The molecule has 3 rings (SSSR count). The molecule has 26 heavy (non-hydrogen) atoms. The quantitative estimate of drug-likeness (QED) is 0.160. The summed E-state index contributed by atoms with van der Waals surface area (Å²) in [6, 6.07) is 10.3. The summed E-state index contributed by atoms with van der Waals surface area (Å²) in [7, 11) is 0. The van der Waals surface area contributed by atoms with Crippen molar-refractivity contribution in [3.8, 4) is 0 Å². The number of non-ortho nitro benzene ring substituents is 1. The fraction of sp³-hybridized carbons (Fsp3) is 0.118. The second-order valence-electron chi connectivity index (χ2n) is 5.53. The molecule has 0 aliphatic rings. The minimum atomic E-state index is -4.71. The molecule has 0 aliphatic heterocycles. The van der Waals surface area contributed by atoms with E-state index in [2.05, 4.69) is 4.99 Å². The van der Waals surface area contributed by atoms with Crippen molar-refractivity contribution < 1.29 is 18.1 Å². The summed E-state index contributed by atoms with van der Waals surface area (Å²) in [5.74, 6) is -1.10. The van der Waals surface area contributed by atoms with E-state index < -0.39 is 16.9 Å². The molecule has 3 aromatic rings. The summed E-state index contributed by atoms with van der Waals surface area (Å²) in [4.78, 5) is 14.0. The Bertz CT molecular complexity index is 1040. The highest BCUT2D eigenvalue weighted by atomic mass is 127. The highest BCUT2D eigenvalue weighted by Crippen LogP contribution is 2.31. The Morgan fingerprint density at radius 1 is 1.23 bits per heavy atom. The van der Waals surface area contributed by atoms with Gasteiger partial charge < -0.3 is 0 Å². The van der Waals surface area contributed by atoms with Crippen molar-refractivity contribution in [1.82, 2.24) is 4.57 Å². The summed E-state index contributed by atoms with van der Waals surface area (Å²) in [6.07, 6.45) is -3.33. The average Bonchev–Trinajstić information content (AvgIpc) is 2.89. The third-order valence-electron chi connectivity index (χ3n) is 3.76. The Morgan fingerprint density at radius 2 is 1.92 bits per heavy atom. The van der Waals surface area contributed by atoms with Crippen LogP contribution in [0.1, 0.15) is 5.56 Å². The number of alkyl halides is 3. The van der Waals surface area contributed by atoms with Gasteiger partial charge in [-0.15, -0.1) is 0 Å². The van der Waals surface area contributed by atoms with Crippen LogP contribution in [0, 0.1) is 20.6 Å². The number of nitrogens with zero attached hydrogens (tertiary/aromatic N) is 3. The summed E-state index contributed by atoms with van der Waals surface area (Å²) < 4.78 is 42.4. The van der Waals surface area contributed by atoms with Gasteiger partial charge in [-0.2, -0.15) is 13.2 Å². The topological polar surface area (TPSA) is 60.4 Å². The smallest absolute Gasteiger partial charge is 0.297 e. The maximum absolute atomic E-state index is 13.7. The molecular formula is C17H11F3IN3O2. The van der Waals surface area contributed by atoms with Crippen LogP contribution in [0.25, 0.3) is 10.9 Å². The van der Waals surface area contributed by atoms with Gasteiger partial charge in [0, 0.05) is 27.3 Å². The molecular weight excluding hydrogens is 462 g/mol. The summed E-state index contributed by atoms with van der Waals surface area (Å²) in [5, 5.41) is 11.5. The predicted octanol–water partition coefficient (Wildman–Crippen LogP) is 5.60. The molecule has 0 atom stereocenters. The summed E-state index contributed by atoms with van der Waals surface area (Å²) >= 11 is 1.74. The lowest BCUT2D eigenvalue weighted by Crippen LogP contribution is -2.29. The Morgan fingerprint density at radius 3 is 2.54 bits per heavy atom. The molecule has 134 valence electrons. The summed E-state index contributed by atoms with van der Waals surface area (Å²) in [6.45, 7) is 1.72. The van der Waals surface area contributed by atoms with Crippen LogP contribution in [0.5, 0.6) is 0 Å². The van der Waals surface area contributed by atoms with Crippen LogP contribution in [0.3, 0.4) is 0 Å². The van der Waals surface area contributed by atoms with Crippen LogP contribution in [-0.2, 0) is 0 Å². The van der Waals surface area contributed by atoms with Crippen molar-refractivity contribution in [2.45, 2.75) is 13.1 Å². The first-order valence-corrected chi connectivity index (χ1v) is 8.43. The fourth-order valence-corrected chi connectivity index (χ4v) is 3.21. The van der Waals surface area contributed by atoms with Gasteiger partial charge in [-0.05, 0) is 47.2 Å². The second-order valence-corrected chi connectivity index (χ2v) is 6.69. The molecule has 0 saturated carbocycles. The lowest BCUT2D eigenvalue weighted by Gasteiger charge is -2.13. The first-order chi connectivity index (χ1) is 12.2. The normalized spacial score (nSPS) is 12.6. The maximum atomic E-state index is 13.7. The molecule has 0 amide bonds. The van der Waals surface area contributed by atoms with Gasteiger partial charge in [-0.25, -0.2) is 4.99 Å². The molecule has 0 saturated heterocycles. The van der Waals surface area contributed by atoms with Gasteiger partial charge in [-0.3, -0.25) is 14.7 Å². The highest BCUT2D eigenvalue weighted by Gasteiger charge is 2.38. The van der Waals surface area contributed by atoms with E-state index in [-0.39, 0.29) is 14.9 Å². The Kier molecular flexibility index (Phi) is 4.74. The van der Waals surface area contributed by atoms with Crippen molar-refractivity contribution in [1.29, 1.82) is 0 Å². The zero-order valence-corrected chi connectivity index (χ0v) is 15.4. The molecule has 0 bridgehead atoms. The summed E-state index contributed by atoms with van der Waals surface area (Å²) in [5.41, 5.74) is 0.886. The predicted molar refractivity (Wildman–Crippen MR) is 101 cm³/mol. The number of aromatic nitrogens is 1. The van der Waals surface area contributed by atoms with Gasteiger partial charge in [0.15, 0.2) is 0 Å². The number of aliphatic imine (C=N–C) groups is 1. The van der Waals surface area contributed by atoms with Crippen LogP contribution in [-0.4, -0.2) is 21.5 Å². The van der Waals surface area contributed by atoms with Gasteiger partial charge in [0.25, 0.3) is 5.69 Å². The zero-order valence-electron chi connectivity index (χ0n) is 13.3. The van der Waals surface area contributed by atoms with Gasteiger partial charge >= 0.3 is 6.18 Å². The lowest BCUT2D eigenvalue weighted by molar-refractivity contribution is -0.384. The molecule has 0 fully saturated rings. The van der Waals surface area contributed by atoms with E-state index in [0.29, 0.717) is 16.5 Å². The standard InChI is InChI=1S/C17H11F3IN3O2/c1-10-9-23(15-5-3-2-4-12(10)15)16(17(18,19)20)22-14-7-6-11(24(25)26)8-13(14)21/h2-9H,1H3. The van der Waals surface area contributed by atoms with Gasteiger partial charge in [-0.1, -0.05) is 18.2 Å². The number of para-hydroxylation sites is 1. The number of nitro benzene ring substituents is 1. The van der Waals surface area contributed by atoms with E-state index >= 15 is 0 Å². The van der Waals surface area contributed by atoms with Gasteiger partial charge in [0.05, 0.1) is 16.1 Å². The monoisotopic (exact) mass is 473 g/mol. The van der Waals surface area contributed by atoms with Gasteiger partial charge in [0.1, 0.15) is 0 Å². The van der Waals surface area contributed by atoms with Crippen molar-refractivity contribution in [3.63, 3.8) is 0 Å². The molecule has 2 aromatic carbocycles. The maximum Gasteiger partial charge on any atom is 0.450 e. The molecule has 1 heterocycles. The van der Waals surface area contributed by atoms with Crippen LogP contribution in [0.4, 0.5) is 24.5 Å². The number of nitro groups is 1. The lowest BCUT2D eigenvalue weighted by atomic mass is 10.2. The average molecular weight is 473 g/mol. The Balaban J connectivity index is 2.22. The molecule has 0 spiro atoms. The molecule has 0 radical (unpaired) electrons. The number of hydrogen-bond donors (Lipinski definition) is 0. The third-order valence-corrected chi connectivity index (χ3v) is 4.63. The van der Waals surface area contributed by atoms with Crippen LogP contribution in [0.15, 0.2) is 53.7 Å². The first-order valence-electron chi connectivity index (χ1n) is 7.35. The van der Waals surface area contributed by atoms with Crippen molar-refractivity contribution in [3.05, 3.63) is 67.9 Å². The van der Waals surface area contributed by atoms with E-state index in [1.54, 1.807) is 53.8 Å². The molecule has 0 unspecified atom stereocenters. The van der Waals surface area contributed by atoms with Crippen LogP contribution >= 0.6 is 22.6 Å².